The topological polar surface area (TPSA) is 50.9 Å². The standard InChI is InChI=1S/C12H21N3S/c1-3-10-5-6-11(14-8-10)7-12(15-13)9-16-4-2/h5-6,8,12,15H,3-4,7,9,13H2,1-2H3. The molecule has 1 unspecified atom stereocenters. The molecule has 1 aromatic rings. The predicted octanol–water partition coefficient (Wildman–Crippen LogP) is 1.77. The SMILES string of the molecule is CCSCC(Cc1ccc(CC)cn1)NN. The Balaban J connectivity index is 2.49. The first kappa shape index (κ1) is 13.5. The second-order valence-electron chi connectivity index (χ2n) is 3.74. The zero-order chi connectivity index (χ0) is 11.8. The molecule has 90 valence electrons. The number of nitrogens with zero attached hydrogens (tertiary/aromatic N) is 1. The molecule has 1 rings (SSSR count). The van der Waals surface area contributed by atoms with Crippen LogP contribution in [0.25, 0.3) is 0 Å². The monoisotopic (exact) mass is 239 g/mol. The zero-order valence-electron chi connectivity index (χ0n) is 10.1. The van der Waals surface area contributed by atoms with Crippen molar-refractivity contribution in [1.82, 2.24) is 10.4 Å². The lowest BCUT2D eigenvalue weighted by atomic mass is 10.1. The van der Waals surface area contributed by atoms with Crippen molar-refractivity contribution >= 4 is 11.8 Å². The van der Waals surface area contributed by atoms with Gasteiger partial charge in [-0.15, -0.1) is 0 Å². The summed E-state index contributed by atoms with van der Waals surface area (Å²) in [6.07, 6.45) is 3.89. The van der Waals surface area contributed by atoms with E-state index in [1.165, 1.54) is 5.56 Å². The number of nitrogens with two attached hydrogens (primary N) is 1. The molecule has 0 radical (unpaired) electrons. The first-order valence-electron chi connectivity index (χ1n) is 5.77. The summed E-state index contributed by atoms with van der Waals surface area (Å²) in [7, 11) is 0. The van der Waals surface area contributed by atoms with Crippen LogP contribution in [0.4, 0.5) is 0 Å². The van der Waals surface area contributed by atoms with E-state index in [1.54, 1.807) is 0 Å². The number of thioether (sulfide) groups is 1. The number of hydrogen-bond acceptors (Lipinski definition) is 4. The molecule has 0 spiro atoms. The largest absolute Gasteiger partial charge is 0.271 e. The van der Waals surface area contributed by atoms with Gasteiger partial charge in [-0.25, -0.2) is 0 Å². The molecule has 0 aliphatic heterocycles. The third-order valence-corrected chi connectivity index (χ3v) is 3.55. The fraction of sp³-hybridized carbons (Fsp3) is 0.583. The van der Waals surface area contributed by atoms with Gasteiger partial charge in [-0.05, 0) is 23.8 Å². The second kappa shape index (κ2) is 7.65. The van der Waals surface area contributed by atoms with E-state index < -0.39 is 0 Å². The highest BCUT2D eigenvalue weighted by atomic mass is 32.2. The molecule has 1 aromatic heterocycles. The Labute approximate surface area is 102 Å². The van der Waals surface area contributed by atoms with Gasteiger partial charge in [-0.3, -0.25) is 16.3 Å². The second-order valence-corrected chi connectivity index (χ2v) is 5.06. The van der Waals surface area contributed by atoms with Crippen LogP contribution < -0.4 is 11.3 Å². The summed E-state index contributed by atoms with van der Waals surface area (Å²) >= 11 is 1.90. The number of rotatable bonds is 7. The molecule has 16 heavy (non-hydrogen) atoms. The minimum absolute atomic E-state index is 0.310. The summed E-state index contributed by atoms with van der Waals surface area (Å²) in [5.74, 6) is 7.68. The molecule has 1 atom stereocenters. The maximum absolute atomic E-state index is 5.53. The molecule has 1 heterocycles. The summed E-state index contributed by atoms with van der Waals surface area (Å²) < 4.78 is 0. The smallest absolute Gasteiger partial charge is 0.0420 e. The van der Waals surface area contributed by atoms with Gasteiger partial charge in [0.25, 0.3) is 0 Å². The molecular weight excluding hydrogens is 218 g/mol. The molecule has 0 saturated heterocycles. The number of nitrogens with one attached hydrogen (secondary N) is 1. The van der Waals surface area contributed by atoms with E-state index in [0.717, 1.165) is 30.0 Å². The summed E-state index contributed by atoms with van der Waals surface area (Å²) in [6.45, 7) is 4.30. The van der Waals surface area contributed by atoms with Gasteiger partial charge in [-0.1, -0.05) is 19.9 Å². The van der Waals surface area contributed by atoms with Crippen molar-refractivity contribution in [1.29, 1.82) is 0 Å². The maximum atomic E-state index is 5.53. The van der Waals surface area contributed by atoms with Crippen molar-refractivity contribution in [2.45, 2.75) is 32.7 Å². The number of pyridine rings is 1. The lowest BCUT2D eigenvalue weighted by molar-refractivity contribution is 0.569. The van der Waals surface area contributed by atoms with Crippen molar-refractivity contribution < 1.29 is 0 Å². The van der Waals surface area contributed by atoms with Crippen LogP contribution in [0, 0.1) is 0 Å². The first-order valence-corrected chi connectivity index (χ1v) is 6.93. The molecule has 0 amide bonds. The highest BCUT2D eigenvalue weighted by Gasteiger charge is 2.08. The fourth-order valence-corrected chi connectivity index (χ4v) is 2.20. The Kier molecular flexibility index (Phi) is 6.45. The van der Waals surface area contributed by atoms with Crippen LogP contribution in [0.5, 0.6) is 0 Å². The van der Waals surface area contributed by atoms with Crippen molar-refractivity contribution in [3.8, 4) is 0 Å². The van der Waals surface area contributed by atoms with Crippen molar-refractivity contribution in [3.63, 3.8) is 0 Å². The molecule has 0 fully saturated rings. The van der Waals surface area contributed by atoms with Crippen LogP contribution in [-0.4, -0.2) is 22.5 Å². The molecule has 4 heteroatoms. The van der Waals surface area contributed by atoms with E-state index in [0.29, 0.717) is 6.04 Å². The third kappa shape index (κ3) is 4.51. The minimum atomic E-state index is 0.310. The quantitative estimate of drug-likeness (QED) is 0.562. The zero-order valence-corrected chi connectivity index (χ0v) is 10.9. The van der Waals surface area contributed by atoms with Crippen LogP contribution in [-0.2, 0) is 12.8 Å². The van der Waals surface area contributed by atoms with Crippen molar-refractivity contribution in [3.05, 3.63) is 29.6 Å². The van der Waals surface area contributed by atoms with Crippen molar-refractivity contribution in [2.75, 3.05) is 11.5 Å². The summed E-state index contributed by atoms with van der Waals surface area (Å²) in [4.78, 5) is 4.44. The van der Waals surface area contributed by atoms with E-state index in [9.17, 15) is 0 Å². The van der Waals surface area contributed by atoms with E-state index in [2.05, 4.69) is 36.4 Å². The van der Waals surface area contributed by atoms with Gasteiger partial charge in [0.1, 0.15) is 0 Å². The first-order chi connectivity index (χ1) is 7.80. The van der Waals surface area contributed by atoms with Gasteiger partial charge in [0.05, 0.1) is 0 Å². The Morgan fingerprint density at radius 3 is 2.75 bits per heavy atom. The van der Waals surface area contributed by atoms with Crippen LogP contribution >= 0.6 is 11.8 Å². The number of hydrazine groups is 1. The van der Waals surface area contributed by atoms with Crippen molar-refractivity contribution in [2.24, 2.45) is 5.84 Å². The van der Waals surface area contributed by atoms with Gasteiger partial charge in [0.2, 0.25) is 0 Å². The van der Waals surface area contributed by atoms with Gasteiger partial charge >= 0.3 is 0 Å². The van der Waals surface area contributed by atoms with Gasteiger partial charge in [0.15, 0.2) is 0 Å². The highest BCUT2D eigenvalue weighted by Crippen LogP contribution is 2.08. The van der Waals surface area contributed by atoms with E-state index in [4.69, 9.17) is 5.84 Å². The van der Waals surface area contributed by atoms with Crippen LogP contribution in [0.3, 0.4) is 0 Å². The summed E-state index contributed by atoms with van der Waals surface area (Å²) in [5, 5.41) is 0. The lowest BCUT2D eigenvalue weighted by Gasteiger charge is -2.14. The molecule has 0 aliphatic rings. The molecule has 0 saturated carbocycles. The van der Waals surface area contributed by atoms with Crippen LogP contribution in [0.15, 0.2) is 18.3 Å². The van der Waals surface area contributed by atoms with E-state index >= 15 is 0 Å². The highest BCUT2D eigenvalue weighted by molar-refractivity contribution is 7.99. The molecule has 0 aromatic carbocycles. The Hall–Kier alpha value is -0.580. The van der Waals surface area contributed by atoms with Crippen LogP contribution in [0.1, 0.15) is 25.1 Å². The van der Waals surface area contributed by atoms with E-state index in [1.807, 2.05) is 18.0 Å². The van der Waals surface area contributed by atoms with Gasteiger partial charge in [-0.2, -0.15) is 11.8 Å². The fourth-order valence-electron chi connectivity index (χ4n) is 1.46. The average Bonchev–Trinajstić information content (AvgIpc) is 2.35. The molecule has 3 nitrogen and oxygen atoms in total. The molecule has 3 N–H and O–H groups in total. The Morgan fingerprint density at radius 1 is 1.44 bits per heavy atom. The maximum Gasteiger partial charge on any atom is 0.0420 e. The van der Waals surface area contributed by atoms with Gasteiger partial charge < -0.3 is 0 Å². The average molecular weight is 239 g/mol. The summed E-state index contributed by atoms with van der Waals surface area (Å²) in [5.41, 5.74) is 5.24. The summed E-state index contributed by atoms with van der Waals surface area (Å²) in [6, 6.07) is 4.55. The van der Waals surface area contributed by atoms with Gasteiger partial charge in [0, 0.05) is 30.1 Å². The number of aromatic nitrogens is 1. The molecular formula is C12H21N3S. The normalized spacial score (nSPS) is 12.7. The third-order valence-electron chi connectivity index (χ3n) is 2.51. The Morgan fingerprint density at radius 2 is 2.25 bits per heavy atom. The Bertz CT molecular complexity index is 287. The molecule has 0 aliphatic carbocycles. The number of aryl methyl sites for hydroxylation is 1. The number of hydrogen-bond donors (Lipinski definition) is 2. The lowest BCUT2D eigenvalue weighted by Crippen LogP contribution is -2.38. The van der Waals surface area contributed by atoms with Crippen LogP contribution in [0.2, 0.25) is 0 Å². The predicted molar refractivity (Wildman–Crippen MR) is 71.4 cm³/mol. The molecule has 0 bridgehead atoms. The minimum Gasteiger partial charge on any atom is -0.271 e. The van der Waals surface area contributed by atoms with E-state index in [-0.39, 0.29) is 0 Å².